The Morgan fingerprint density at radius 1 is 1.18 bits per heavy atom. The van der Waals surface area contributed by atoms with Crippen molar-refractivity contribution in [2.75, 3.05) is 19.8 Å². The third-order valence-corrected chi connectivity index (χ3v) is 6.51. The van der Waals surface area contributed by atoms with Gasteiger partial charge in [-0.05, 0) is 33.7 Å². The first-order valence-corrected chi connectivity index (χ1v) is 10.0. The van der Waals surface area contributed by atoms with Gasteiger partial charge in [-0.2, -0.15) is 21.6 Å². The fourth-order valence-corrected chi connectivity index (χ4v) is 4.85. The van der Waals surface area contributed by atoms with Gasteiger partial charge >= 0.3 is 24.4 Å². The third-order valence-electron chi connectivity index (χ3n) is 2.31. The summed E-state index contributed by atoms with van der Waals surface area (Å²) >= 11 is 0. The monoisotopic (exact) mass is 369 g/mol. The molecule has 0 aromatic rings. The molecule has 0 aromatic carbocycles. The summed E-state index contributed by atoms with van der Waals surface area (Å²) in [5.41, 5.74) is -0.127. The summed E-state index contributed by atoms with van der Waals surface area (Å²) in [6.07, 6.45) is -1.25. The van der Waals surface area contributed by atoms with Gasteiger partial charge in [-0.3, -0.25) is 0 Å². The summed E-state index contributed by atoms with van der Waals surface area (Å²) in [6.45, 7) is 5.03. The van der Waals surface area contributed by atoms with Crippen LogP contribution < -0.4 is 5.73 Å². The molecule has 0 radical (unpaired) electrons. The highest BCUT2D eigenvalue weighted by atomic mass is 32.2. The molecule has 0 bridgehead atoms. The average Bonchev–Trinajstić information content (AvgIpc) is 2.34. The summed E-state index contributed by atoms with van der Waals surface area (Å²) < 4.78 is 78.9. The highest BCUT2D eigenvalue weighted by molar-refractivity contribution is 7.87. The Morgan fingerprint density at radius 2 is 1.68 bits per heavy atom. The van der Waals surface area contributed by atoms with Gasteiger partial charge in [-0.25, -0.2) is 4.18 Å². The van der Waals surface area contributed by atoms with E-state index in [1.165, 1.54) is 0 Å². The highest BCUT2D eigenvalue weighted by Crippen LogP contribution is 2.27. The first-order valence-electron chi connectivity index (χ1n) is 6.69. The van der Waals surface area contributed by atoms with E-state index in [0.717, 1.165) is 6.92 Å². The molecular formula is C10H22F3NO6SSi. The first-order chi connectivity index (χ1) is 10.0. The minimum absolute atomic E-state index is 0.190. The molecule has 134 valence electrons. The van der Waals surface area contributed by atoms with E-state index in [9.17, 15) is 21.6 Å². The van der Waals surface area contributed by atoms with Crippen LogP contribution in [0.5, 0.6) is 0 Å². The lowest BCUT2D eigenvalue weighted by atomic mass is 10.5. The van der Waals surface area contributed by atoms with Gasteiger partial charge in [-0.1, -0.05) is 0 Å². The third kappa shape index (κ3) is 6.89. The van der Waals surface area contributed by atoms with Crippen LogP contribution in [0.3, 0.4) is 0 Å². The van der Waals surface area contributed by atoms with E-state index in [2.05, 4.69) is 4.18 Å². The molecule has 0 heterocycles. The van der Waals surface area contributed by atoms with Crippen molar-refractivity contribution in [1.29, 1.82) is 0 Å². The van der Waals surface area contributed by atoms with Crippen LogP contribution >= 0.6 is 0 Å². The molecule has 2 N–H and O–H groups in total. The maximum Gasteiger partial charge on any atom is 0.523 e. The molecule has 1 atom stereocenters. The molecule has 22 heavy (non-hydrogen) atoms. The second kappa shape index (κ2) is 9.15. The van der Waals surface area contributed by atoms with Crippen molar-refractivity contribution in [3.8, 4) is 0 Å². The van der Waals surface area contributed by atoms with Crippen LogP contribution in [0, 0.1) is 0 Å². The maximum absolute atomic E-state index is 12.3. The zero-order valence-electron chi connectivity index (χ0n) is 12.7. The first kappa shape index (κ1) is 21.8. The lowest BCUT2D eigenvalue weighted by Gasteiger charge is -2.31. The number of halogens is 3. The van der Waals surface area contributed by atoms with Crippen molar-refractivity contribution in [2.45, 2.75) is 45.0 Å². The molecule has 0 rings (SSSR count). The molecule has 0 fully saturated rings. The number of nitrogens with two attached hydrogens (primary N) is 1. The maximum atomic E-state index is 12.3. The quantitative estimate of drug-likeness (QED) is 0.255. The Morgan fingerprint density at radius 3 is 2.05 bits per heavy atom. The zero-order chi connectivity index (χ0) is 17.4. The highest BCUT2D eigenvalue weighted by Gasteiger charge is 2.50. The van der Waals surface area contributed by atoms with Gasteiger partial charge in [0.15, 0.2) is 6.29 Å². The van der Waals surface area contributed by atoms with E-state index >= 15 is 0 Å². The van der Waals surface area contributed by atoms with Crippen molar-refractivity contribution in [2.24, 2.45) is 5.73 Å². The van der Waals surface area contributed by atoms with Crippen molar-refractivity contribution >= 4 is 18.9 Å². The molecule has 0 amide bonds. The summed E-state index contributed by atoms with van der Waals surface area (Å²) in [7, 11) is -9.13. The number of hydrogen-bond donors (Lipinski definition) is 1. The van der Waals surface area contributed by atoms with Gasteiger partial charge in [0.05, 0.1) is 0 Å². The molecule has 0 saturated heterocycles. The van der Waals surface area contributed by atoms with E-state index in [1.54, 1.807) is 13.8 Å². The SMILES string of the molecule is CCO[Si](CCCN)(OCC)OC(C)OS(=O)(=O)C(F)(F)F. The van der Waals surface area contributed by atoms with Gasteiger partial charge in [0, 0.05) is 19.3 Å². The van der Waals surface area contributed by atoms with Crippen molar-refractivity contribution in [3.05, 3.63) is 0 Å². The van der Waals surface area contributed by atoms with Crippen LogP contribution in [-0.2, 0) is 27.6 Å². The lowest BCUT2D eigenvalue weighted by Crippen LogP contribution is -2.49. The van der Waals surface area contributed by atoms with Crippen LogP contribution in [0.25, 0.3) is 0 Å². The molecule has 0 aliphatic rings. The minimum atomic E-state index is -5.76. The van der Waals surface area contributed by atoms with E-state index in [0.29, 0.717) is 13.0 Å². The van der Waals surface area contributed by atoms with Crippen LogP contribution in [-0.4, -0.2) is 48.8 Å². The minimum Gasteiger partial charge on any atom is -0.374 e. The van der Waals surface area contributed by atoms with Crippen molar-refractivity contribution in [1.82, 2.24) is 0 Å². The molecule has 0 aliphatic heterocycles. The number of alkyl halides is 3. The largest absolute Gasteiger partial charge is 0.523 e. The Balaban J connectivity index is 5.04. The number of rotatable bonds is 11. The zero-order valence-corrected chi connectivity index (χ0v) is 14.5. The predicted octanol–water partition coefficient (Wildman–Crippen LogP) is 1.58. The Kier molecular flexibility index (Phi) is 9.05. The fourth-order valence-electron chi connectivity index (χ4n) is 1.58. The molecule has 0 spiro atoms. The number of hydrogen-bond acceptors (Lipinski definition) is 7. The standard InChI is InChI=1S/C10H22F3NO6SSi/c1-4-17-22(18-5-2,8-6-7-14)20-9(3)19-21(15,16)10(11,12)13/h9H,4-8,14H2,1-3H3. The normalized spacial score (nSPS) is 15.0. The summed E-state index contributed by atoms with van der Waals surface area (Å²) in [5, 5.41) is 0. The predicted molar refractivity (Wildman–Crippen MR) is 74.1 cm³/mol. The van der Waals surface area contributed by atoms with Crippen molar-refractivity contribution in [3.63, 3.8) is 0 Å². The molecule has 12 heteroatoms. The van der Waals surface area contributed by atoms with Gasteiger partial charge in [0.1, 0.15) is 0 Å². The van der Waals surface area contributed by atoms with Crippen LogP contribution in [0.4, 0.5) is 13.2 Å². The van der Waals surface area contributed by atoms with E-state index in [-0.39, 0.29) is 19.3 Å². The molecular weight excluding hydrogens is 347 g/mol. The molecule has 1 unspecified atom stereocenters. The van der Waals surface area contributed by atoms with Gasteiger partial charge in [0.25, 0.3) is 0 Å². The Bertz CT molecular complexity index is 413. The summed E-state index contributed by atoms with van der Waals surface area (Å²) in [5.74, 6) is 0. The fraction of sp³-hybridized carbons (Fsp3) is 1.00. The van der Waals surface area contributed by atoms with Gasteiger partial charge < -0.3 is 19.0 Å². The second-order valence-electron chi connectivity index (χ2n) is 4.12. The van der Waals surface area contributed by atoms with E-state index < -0.39 is 30.7 Å². The van der Waals surface area contributed by atoms with Crippen molar-refractivity contribution < 1.29 is 39.1 Å². The van der Waals surface area contributed by atoms with Crippen LogP contribution in [0.15, 0.2) is 0 Å². The lowest BCUT2D eigenvalue weighted by molar-refractivity contribution is -0.0845. The Labute approximate surface area is 129 Å². The van der Waals surface area contributed by atoms with Crippen LogP contribution in [0.1, 0.15) is 27.2 Å². The molecule has 7 nitrogen and oxygen atoms in total. The Hall–Kier alpha value is -0.243. The molecule has 0 aliphatic carbocycles. The molecule has 0 saturated carbocycles. The van der Waals surface area contributed by atoms with E-state index in [4.69, 9.17) is 19.0 Å². The van der Waals surface area contributed by atoms with E-state index in [1.807, 2.05) is 0 Å². The molecule has 0 aromatic heterocycles. The summed E-state index contributed by atoms with van der Waals surface area (Å²) in [6, 6.07) is 0.241. The van der Waals surface area contributed by atoms with Gasteiger partial charge in [-0.15, -0.1) is 0 Å². The second-order valence-corrected chi connectivity index (χ2v) is 8.37. The summed E-state index contributed by atoms with van der Waals surface area (Å²) in [4.78, 5) is 0. The topological polar surface area (TPSA) is 97.1 Å². The smallest absolute Gasteiger partial charge is 0.374 e. The average molecular weight is 369 g/mol. The van der Waals surface area contributed by atoms with Gasteiger partial charge in [0.2, 0.25) is 0 Å². The van der Waals surface area contributed by atoms with Crippen LogP contribution in [0.2, 0.25) is 6.04 Å².